The molecule has 0 saturated heterocycles. The lowest BCUT2D eigenvalue weighted by Gasteiger charge is -1.75. The van der Waals surface area contributed by atoms with Crippen LogP contribution in [0.2, 0.25) is 0 Å². The van der Waals surface area contributed by atoms with E-state index in [2.05, 4.69) is 15.9 Å². The number of hydrogen-bond donors (Lipinski definition) is 0. The molecular weight excluding hydrogens is 154 g/mol. The first-order valence-electron chi connectivity index (χ1n) is 1.32. The second-order valence-electron chi connectivity index (χ2n) is 0.690. The maximum Gasteiger partial charge on any atom is 0.141 e. The Morgan fingerprint density at radius 3 is 2.33 bits per heavy atom. The lowest BCUT2D eigenvalue weighted by atomic mass is 10.7. The van der Waals surface area contributed by atoms with E-state index in [1.165, 1.54) is 0 Å². The van der Waals surface area contributed by atoms with E-state index < -0.39 is 12.5 Å². The Balaban J connectivity index is 3.22. The quantitative estimate of drug-likeness (QED) is 0.547. The van der Waals surface area contributed by atoms with Crippen LogP contribution in [-0.4, -0.2) is 6.67 Å². The van der Waals surface area contributed by atoms with Crippen molar-refractivity contribution in [3.63, 3.8) is 0 Å². The van der Waals surface area contributed by atoms with Gasteiger partial charge in [-0.25, -0.2) is 8.78 Å². The smallest absolute Gasteiger partial charge is 0.141 e. The molecule has 36 valence electrons. The highest BCUT2D eigenvalue weighted by molar-refractivity contribution is 9.11. The van der Waals surface area contributed by atoms with E-state index in [9.17, 15) is 8.78 Å². The largest absolute Gasteiger partial charge is 0.243 e. The molecule has 0 aliphatic rings. The third-order valence-electron chi connectivity index (χ3n) is 0.246. The molecule has 0 nitrogen and oxygen atoms in total. The molecule has 0 bridgehead atoms. The van der Waals surface area contributed by atoms with Crippen molar-refractivity contribution in [3.8, 4) is 0 Å². The van der Waals surface area contributed by atoms with Gasteiger partial charge in [0.2, 0.25) is 0 Å². The van der Waals surface area contributed by atoms with Crippen LogP contribution in [0.5, 0.6) is 0 Å². The zero-order chi connectivity index (χ0) is 4.99. The van der Waals surface area contributed by atoms with Gasteiger partial charge in [0, 0.05) is 4.99 Å². The summed E-state index contributed by atoms with van der Waals surface area (Å²) < 4.78 is 22.2. The van der Waals surface area contributed by atoms with Gasteiger partial charge in [-0.1, -0.05) is 15.9 Å². The molecular formula is C3H3BrF2. The predicted octanol–water partition coefficient (Wildman–Crippen LogP) is 2.16. The van der Waals surface area contributed by atoms with Gasteiger partial charge >= 0.3 is 0 Å². The SMILES string of the molecule is FC/C(F)=C\Br. The Morgan fingerprint density at radius 2 is 2.33 bits per heavy atom. The second-order valence-corrected chi connectivity index (χ2v) is 1.15. The van der Waals surface area contributed by atoms with Crippen molar-refractivity contribution in [2.24, 2.45) is 0 Å². The molecule has 0 heterocycles. The van der Waals surface area contributed by atoms with E-state index in [-0.39, 0.29) is 0 Å². The Morgan fingerprint density at radius 1 is 1.83 bits per heavy atom. The van der Waals surface area contributed by atoms with Gasteiger partial charge in [0.05, 0.1) is 0 Å². The van der Waals surface area contributed by atoms with Gasteiger partial charge in [-0.3, -0.25) is 0 Å². The molecule has 0 fully saturated rings. The topological polar surface area (TPSA) is 0 Å². The summed E-state index contributed by atoms with van der Waals surface area (Å²) in [5, 5.41) is 0. The first-order chi connectivity index (χ1) is 2.81. The monoisotopic (exact) mass is 156 g/mol. The van der Waals surface area contributed by atoms with Crippen LogP contribution in [0, 0.1) is 0 Å². The zero-order valence-corrected chi connectivity index (χ0v) is 4.50. The number of halogens is 3. The van der Waals surface area contributed by atoms with Crippen molar-refractivity contribution in [2.75, 3.05) is 6.67 Å². The van der Waals surface area contributed by atoms with Crippen LogP contribution in [0.1, 0.15) is 0 Å². The van der Waals surface area contributed by atoms with Crippen LogP contribution < -0.4 is 0 Å². The van der Waals surface area contributed by atoms with Crippen LogP contribution in [0.15, 0.2) is 10.8 Å². The average molecular weight is 157 g/mol. The average Bonchev–Trinajstić information content (AvgIpc) is 1.65. The molecule has 3 heteroatoms. The van der Waals surface area contributed by atoms with Gasteiger partial charge in [-0.15, -0.1) is 0 Å². The summed E-state index contributed by atoms with van der Waals surface area (Å²) in [4.78, 5) is 0.910. The van der Waals surface area contributed by atoms with Gasteiger partial charge < -0.3 is 0 Å². The Hall–Kier alpha value is 0.0800. The van der Waals surface area contributed by atoms with E-state index in [1.807, 2.05) is 0 Å². The first kappa shape index (κ1) is 6.08. The fourth-order valence-corrected chi connectivity index (χ4v) is 0.152. The molecule has 0 radical (unpaired) electrons. The minimum atomic E-state index is -1.02. The third kappa shape index (κ3) is 2.33. The van der Waals surface area contributed by atoms with Crippen molar-refractivity contribution in [2.45, 2.75) is 0 Å². The van der Waals surface area contributed by atoms with Gasteiger partial charge in [0.15, 0.2) is 0 Å². The van der Waals surface area contributed by atoms with Crippen LogP contribution in [-0.2, 0) is 0 Å². The lowest BCUT2D eigenvalue weighted by Crippen LogP contribution is -1.67. The molecule has 0 rings (SSSR count). The van der Waals surface area contributed by atoms with Gasteiger partial charge in [-0.2, -0.15) is 0 Å². The number of rotatable bonds is 1. The second kappa shape index (κ2) is 3.28. The summed E-state index contributed by atoms with van der Waals surface area (Å²) in [6, 6.07) is 0. The highest BCUT2D eigenvalue weighted by Gasteiger charge is 1.84. The maximum atomic E-state index is 11.3. The molecule has 0 aliphatic carbocycles. The number of alkyl halides is 1. The fraction of sp³-hybridized carbons (Fsp3) is 0.333. The molecule has 0 aromatic carbocycles. The van der Waals surface area contributed by atoms with Crippen LogP contribution in [0.4, 0.5) is 8.78 Å². The highest BCUT2D eigenvalue weighted by atomic mass is 79.9. The molecule has 0 unspecified atom stereocenters. The van der Waals surface area contributed by atoms with Crippen molar-refractivity contribution in [3.05, 3.63) is 10.8 Å². The van der Waals surface area contributed by atoms with Crippen molar-refractivity contribution < 1.29 is 8.78 Å². The van der Waals surface area contributed by atoms with Crippen LogP contribution in [0.25, 0.3) is 0 Å². The van der Waals surface area contributed by atoms with E-state index in [4.69, 9.17) is 0 Å². The third-order valence-corrected chi connectivity index (χ3v) is 0.743. The molecule has 0 aromatic rings. The molecule has 0 aromatic heterocycles. The highest BCUT2D eigenvalue weighted by Crippen LogP contribution is 1.98. The zero-order valence-electron chi connectivity index (χ0n) is 2.92. The normalized spacial score (nSPS) is 12.2. The van der Waals surface area contributed by atoms with Crippen molar-refractivity contribution in [1.29, 1.82) is 0 Å². The van der Waals surface area contributed by atoms with Crippen LogP contribution in [0.3, 0.4) is 0 Å². The fourth-order valence-electron chi connectivity index (χ4n) is 0.0292. The molecule has 0 amide bonds. The van der Waals surface area contributed by atoms with Gasteiger partial charge in [0.1, 0.15) is 12.5 Å². The summed E-state index contributed by atoms with van der Waals surface area (Å²) in [5.74, 6) is -0.782. The Bertz CT molecular complexity index is 59.8. The first-order valence-corrected chi connectivity index (χ1v) is 2.23. The minimum Gasteiger partial charge on any atom is -0.243 e. The standard InChI is InChI=1S/C3H3BrF2/c4-1-3(6)2-5/h1H,2H2/b3-1+. The van der Waals surface area contributed by atoms with Crippen molar-refractivity contribution >= 4 is 15.9 Å². The Labute approximate surface area is 43.0 Å². The molecule has 0 spiro atoms. The molecule has 0 atom stereocenters. The molecule has 6 heavy (non-hydrogen) atoms. The van der Waals surface area contributed by atoms with E-state index >= 15 is 0 Å². The van der Waals surface area contributed by atoms with E-state index in [0.717, 1.165) is 4.99 Å². The molecule has 0 saturated carbocycles. The summed E-state index contributed by atoms with van der Waals surface area (Å²) in [5.41, 5.74) is 0. The molecule has 0 N–H and O–H groups in total. The maximum absolute atomic E-state index is 11.3. The van der Waals surface area contributed by atoms with E-state index in [0.29, 0.717) is 0 Å². The summed E-state index contributed by atoms with van der Waals surface area (Å²) in [7, 11) is 0. The molecule has 0 aliphatic heterocycles. The summed E-state index contributed by atoms with van der Waals surface area (Å²) >= 11 is 2.60. The van der Waals surface area contributed by atoms with Gasteiger partial charge in [-0.05, 0) is 0 Å². The lowest BCUT2D eigenvalue weighted by molar-refractivity contribution is 0.461. The summed E-state index contributed by atoms with van der Waals surface area (Å²) in [6.07, 6.45) is 0. The van der Waals surface area contributed by atoms with Crippen LogP contribution >= 0.6 is 15.9 Å². The van der Waals surface area contributed by atoms with Gasteiger partial charge in [0.25, 0.3) is 0 Å². The van der Waals surface area contributed by atoms with E-state index in [1.54, 1.807) is 0 Å². The minimum absolute atomic E-state index is 0.782. The summed E-state index contributed by atoms with van der Waals surface area (Å²) in [6.45, 7) is -1.02. The predicted molar refractivity (Wildman–Crippen MR) is 24.1 cm³/mol. The van der Waals surface area contributed by atoms with Crippen molar-refractivity contribution in [1.82, 2.24) is 0 Å². The Kier molecular flexibility index (Phi) is 3.32. The number of allylic oxidation sites excluding steroid dienone is 1. The number of hydrogen-bond acceptors (Lipinski definition) is 0.